The lowest BCUT2D eigenvalue weighted by Crippen LogP contribution is -2.22. The highest BCUT2D eigenvalue weighted by molar-refractivity contribution is 7.85. The SMILES string of the molecule is CC(C(=O)O)S(=O)Cc1ccc(C#N)cc1. The highest BCUT2D eigenvalue weighted by Gasteiger charge is 2.18. The Morgan fingerprint density at radius 3 is 2.50 bits per heavy atom. The molecule has 0 aromatic heterocycles. The second-order valence-corrected chi connectivity index (χ2v) is 5.07. The average Bonchev–Trinajstić information content (AvgIpc) is 2.28. The zero-order valence-electron chi connectivity index (χ0n) is 8.71. The summed E-state index contributed by atoms with van der Waals surface area (Å²) >= 11 is 0. The standard InChI is InChI=1S/C11H11NO3S/c1-8(11(13)14)16(15)7-10-4-2-9(6-12)3-5-10/h2-5,8H,7H2,1H3,(H,13,14). The predicted molar refractivity (Wildman–Crippen MR) is 60.1 cm³/mol. The van der Waals surface area contributed by atoms with E-state index in [2.05, 4.69) is 0 Å². The molecule has 1 rings (SSSR count). The van der Waals surface area contributed by atoms with Gasteiger partial charge in [-0.3, -0.25) is 9.00 Å². The number of benzene rings is 1. The van der Waals surface area contributed by atoms with Crippen LogP contribution >= 0.6 is 0 Å². The van der Waals surface area contributed by atoms with Crippen LogP contribution in [0.2, 0.25) is 0 Å². The smallest absolute Gasteiger partial charge is 0.318 e. The zero-order chi connectivity index (χ0) is 12.1. The van der Waals surface area contributed by atoms with Crippen LogP contribution in [0.5, 0.6) is 0 Å². The third-order valence-corrected chi connectivity index (χ3v) is 3.74. The Balaban J connectivity index is 2.71. The minimum Gasteiger partial charge on any atom is -0.480 e. The zero-order valence-corrected chi connectivity index (χ0v) is 9.53. The summed E-state index contributed by atoms with van der Waals surface area (Å²) in [6, 6.07) is 8.60. The fourth-order valence-electron chi connectivity index (χ4n) is 1.08. The third kappa shape index (κ3) is 3.17. The van der Waals surface area contributed by atoms with Crippen molar-refractivity contribution >= 4 is 16.8 Å². The third-order valence-electron chi connectivity index (χ3n) is 2.13. The van der Waals surface area contributed by atoms with Crippen LogP contribution in [0.1, 0.15) is 18.1 Å². The summed E-state index contributed by atoms with van der Waals surface area (Å²) in [5.74, 6) is -0.869. The van der Waals surface area contributed by atoms with Gasteiger partial charge >= 0.3 is 5.97 Å². The van der Waals surface area contributed by atoms with Gasteiger partial charge in [0.2, 0.25) is 0 Å². The van der Waals surface area contributed by atoms with E-state index < -0.39 is 22.0 Å². The minimum absolute atomic E-state index is 0.194. The van der Waals surface area contributed by atoms with E-state index in [1.165, 1.54) is 6.92 Å². The first-order valence-electron chi connectivity index (χ1n) is 4.63. The Morgan fingerprint density at radius 2 is 2.06 bits per heavy atom. The fraction of sp³-hybridized carbons (Fsp3) is 0.273. The lowest BCUT2D eigenvalue weighted by atomic mass is 10.2. The topological polar surface area (TPSA) is 78.2 Å². The monoisotopic (exact) mass is 237 g/mol. The molecule has 1 aromatic carbocycles. The van der Waals surface area contributed by atoms with Crippen LogP contribution in [0, 0.1) is 11.3 Å². The van der Waals surface area contributed by atoms with Gasteiger partial charge in [-0.25, -0.2) is 0 Å². The summed E-state index contributed by atoms with van der Waals surface area (Å²) in [4.78, 5) is 10.6. The van der Waals surface area contributed by atoms with Gasteiger partial charge < -0.3 is 5.11 Å². The van der Waals surface area contributed by atoms with E-state index in [1.807, 2.05) is 6.07 Å². The van der Waals surface area contributed by atoms with Crippen molar-refractivity contribution in [3.63, 3.8) is 0 Å². The number of carboxylic acids is 1. The van der Waals surface area contributed by atoms with E-state index in [0.29, 0.717) is 5.56 Å². The fourth-order valence-corrected chi connectivity index (χ4v) is 2.07. The van der Waals surface area contributed by atoms with Gasteiger partial charge in [-0.1, -0.05) is 12.1 Å². The van der Waals surface area contributed by atoms with Crippen LogP contribution in [0.15, 0.2) is 24.3 Å². The minimum atomic E-state index is -1.44. The van der Waals surface area contributed by atoms with Crippen LogP contribution in [0.3, 0.4) is 0 Å². The molecule has 0 saturated heterocycles. The van der Waals surface area contributed by atoms with Crippen molar-refractivity contribution in [1.82, 2.24) is 0 Å². The lowest BCUT2D eigenvalue weighted by molar-refractivity contribution is -0.136. The number of aliphatic carboxylic acids is 1. The second kappa shape index (κ2) is 5.42. The van der Waals surface area contributed by atoms with Crippen molar-refractivity contribution in [2.45, 2.75) is 17.9 Å². The average molecular weight is 237 g/mol. The van der Waals surface area contributed by atoms with Crippen molar-refractivity contribution in [1.29, 1.82) is 5.26 Å². The molecule has 0 aliphatic carbocycles. The summed E-state index contributed by atoms with van der Waals surface area (Å²) in [7, 11) is -1.44. The van der Waals surface area contributed by atoms with Gasteiger partial charge in [0.1, 0.15) is 5.25 Å². The normalized spacial score (nSPS) is 13.8. The summed E-state index contributed by atoms with van der Waals surface area (Å²) in [5.41, 5.74) is 1.30. The van der Waals surface area contributed by atoms with Crippen molar-refractivity contribution in [2.75, 3.05) is 0 Å². The van der Waals surface area contributed by atoms with Crippen LogP contribution in [-0.4, -0.2) is 20.5 Å². The van der Waals surface area contributed by atoms with E-state index in [9.17, 15) is 9.00 Å². The first-order chi connectivity index (χ1) is 7.54. The maximum absolute atomic E-state index is 11.6. The second-order valence-electron chi connectivity index (χ2n) is 3.31. The maximum Gasteiger partial charge on any atom is 0.318 e. The number of hydrogen-bond acceptors (Lipinski definition) is 3. The molecule has 4 nitrogen and oxygen atoms in total. The van der Waals surface area contributed by atoms with E-state index >= 15 is 0 Å². The van der Waals surface area contributed by atoms with Gasteiger partial charge in [0, 0.05) is 16.6 Å². The molecule has 2 atom stereocenters. The Bertz CT molecular complexity index is 447. The first kappa shape index (κ1) is 12.4. The molecule has 84 valence electrons. The highest BCUT2D eigenvalue weighted by atomic mass is 32.2. The molecule has 0 bridgehead atoms. The quantitative estimate of drug-likeness (QED) is 0.855. The van der Waals surface area contributed by atoms with Crippen LogP contribution in [0.4, 0.5) is 0 Å². The van der Waals surface area contributed by atoms with Crippen molar-refractivity contribution in [2.24, 2.45) is 0 Å². The summed E-state index contributed by atoms with van der Waals surface area (Å²) < 4.78 is 11.6. The molecular formula is C11H11NO3S. The summed E-state index contributed by atoms with van der Waals surface area (Å²) in [6.45, 7) is 1.42. The van der Waals surface area contributed by atoms with E-state index in [0.717, 1.165) is 5.56 Å². The van der Waals surface area contributed by atoms with Gasteiger partial charge in [0.05, 0.1) is 11.6 Å². The number of carboxylic acid groups (broad SMARTS) is 1. The number of carbonyl (C=O) groups is 1. The predicted octanol–water partition coefficient (Wildman–Crippen LogP) is 1.28. The van der Waals surface area contributed by atoms with E-state index in [-0.39, 0.29) is 5.75 Å². The first-order valence-corrected chi connectivity index (χ1v) is 6.02. The molecule has 0 spiro atoms. The van der Waals surface area contributed by atoms with Gasteiger partial charge in [-0.15, -0.1) is 0 Å². The molecule has 0 amide bonds. The molecule has 0 heterocycles. The maximum atomic E-state index is 11.6. The Labute approximate surface area is 96.0 Å². The number of nitrogens with zero attached hydrogens (tertiary/aromatic N) is 1. The van der Waals surface area contributed by atoms with Crippen molar-refractivity contribution in [3.8, 4) is 6.07 Å². The Kier molecular flexibility index (Phi) is 4.20. The van der Waals surface area contributed by atoms with Gasteiger partial charge in [-0.2, -0.15) is 5.26 Å². The van der Waals surface area contributed by atoms with Crippen LogP contribution in [0.25, 0.3) is 0 Å². The number of hydrogen-bond donors (Lipinski definition) is 1. The van der Waals surface area contributed by atoms with Gasteiger partial charge in [0.15, 0.2) is 0 Å². The molecule has 0 saturated carbocycles. The Morgan fingerprint density at radius 1 is 1.50 bits per heavy atom. The molecule has 16 heavy (non-hydrogen) atoms. The van der Waals surface area contributed by atoms with Crippen LogP contribution in [-0.2, 0) is 21.3 Å². The molecule has 1 aromatic rings. The molecule has 0 aliphatic heterocycles. The molecule has 0 radical (unpaired) electrons. The van der Waals surface area contributed by atoms with Gasteiger partial charge in [-0.05, 0) is 24.6 Å². The van der Waals surface area contributed by atoms with Crippen LogP contribution < -0.4 is 0 Å². The van der Waals surface area contributed by atoms with Gasteiger partial charge in [0.25, 0.3) is 0 Å². The number of rotatable bonds is 4. The lowest BCUT2D eigenvalue weighted by Gasteiger charge is -2.06. The summed E-state index contributed by atoms with van der Waals surface area (Å²) in [6.07, 6.45) is 0. The highest BCUT2D eigenvalue weighted by Crippen LogP contribution is 2.09. The van der Waals surface area contributed by atoms with Crippen molar-refractivity contribution in [3.05, 3.63) is 35.4 Å². The molecule has 2 unspecified atom stereocenters. The Hall–Kier alpha value is -1.67. The largest absolute Gasteiger partial charge is 0.480 e. The molecule has 0 fully saturated rings. The molecule has 5 heteroatoms. The number of nitriles is 1. The molecule has 1 N–H and O–H groups in total. The van der Waals surface area contributed by atoms with Crippen molar-refractivity contribution < 1.29 is 14.1 Å². The van der Waals surface area contributed by atoms with E-state index in [1.54, 1.807) is 24.3 Å². The van der Waals surface area contributed by atoms with E-state index in [4.69, 9.17) is 10.4 Å². The molecular weight excluding hydrogens is 226 g/mol. The summed E-state index contributed by atoms with van der Waals surface area (Å²) in [5, 5.41) is 16.4. The molecule has 0 aliphatic rings.